The molecule has 0 spiro atoms. The van der Waals surface area contributed by atoms with E-state index in [1.165, 1.54) is 18.3 Å². The number of carbonyl (C=O) groups excluding carboxylic acids is 2. The van der Waals surface area contributed by atoms with Crippen molar-refractivity contribution < 1.29 is 14.7 Å². The summed E-state index contributed by atoms with van der Waals surface area (Å²) in [4.78, 5) is 29.4. The Morgan fingerprint density at radius 1 is 1.55 bits per heavy atom. The predicted molar refractivity (Wildman–Crippen MR) is 76.8 cm³/mol. The van der Waals surface area contributed by atoms with Crippen LogP contribution in [0.5, 0.6) is 0 Å². The van der Waals surface area contributed by atoms with E-state index in [4.69, 9.17) is 5.11 Å². The number of aliphatic hydroxyl groups excluding tert-OH is 1. The van der Waals surface area contributed by atoms with Crippen LogP contribution in [-0.2, 0) is 4.79 Å². The van der Waals surface area contributed by atoms with E-state index in [-0.39, 0.29) is 24.5 Å². The Kier molecular flexibility index (Phi) is 5.08. The lowest BCUT2D eigenvalue weighted by Crippen LogP contribution is -2.45. The SMILES string of the molecule is CC(=O)Nc1nc(C(=O)N(CCCO)C2CCC2)cs1. The highest BCUT2D eigenvalue weighted by molar-refractivity contribution is 7.14. The Morgan fingerprint density at radius 3 is 2.85 bits per heavy atom. The smallest absolute Gasteiger partial charge is 0.273 e. The van der Waals surface area contributed by atoms with E-state index in [2.05, 4.69) is 10.3 Å². The third kappa shape index (κ3) is 3.55. The van der Waals surface area contributed by atoms with Crippen LogP contribution in [0, 0.1) is 0 Å². The maximum atomic E-state index is 12.5. The van der Waals surface area contributed by atoms with Gasteiger partial charge in [-0.2, -0.15) is 0 Å². The highest BCUT2D eigenvalue weighted by atomic mass is 32.1. The molecule has 1 aliphatic carbocycles. The van der Waals surface area contributed by atoms with Crippen molar-refractivity contribution in [3.8, 4) is 0 Å². The first kappa shape index (κ1) is 14.9. The van der Waals surface area contributed by atoms with Gasteiger partial charge in [0, 0.05) is 31.5 Å². The topological polar surface area (TPSA) is 82.5 Å². The molecule has 0 bridgehead atoms. The van der Waals surface area contributed by atoms with Crippen LogP contribution in [0.2, 0.25) is 0 Å². The summed E-state index contributed by atoms with van der Waals surface area (Å²) in [5.74, 6) is -0.314. The second-order valence-electron chi connectivity index (χ2n) is 4.88. The Balaban J connectivity index is 2.05. The molecule has 2 rings (SSSR count). The molecule has 2 N–H and O–H groups in total. The minimum absolute atomic E-state index is 0.0741. The average molecular weight is 297 g/mol. The largest absolute Gasteiger partial charge is 0.396 e. The summed E-state index contributed by atoms with van der Waals surface area (Å²) in [6.45, 7) is 2.03. The maximum absolute atomic E-state index is 12.5. The van der Waals surface area contributed by atoms with Crippen molar-refractivity contribution in [2.24, 2.45) is 0 Å². The first-order valence-electron chi connectivity index (χ1n) is 6.76. The lowest BCUT2D eigenvalue weighted by Gasteiger charge is -2.37. The molecule has 1 heterocycles. The Bertz CT molecular complexity index is 485. The van der Waals surface area contributed by atoms with Crippen molar-refractivity contribution in [2.45, 2.75) is 38.6 Å². The van der Waals surface area contributed by atoms with Crippen molar-refractivity contribution >= 4 is 28.3 Å². The van der Waals surface area contributed by atoms with E-state index in [0.717, 1.165) is 19.3 Å². The van der Waals surface area contributed by atoms with E-state index in [1.807, 2.05) is 0 Å². The first-order valence-corrected chi connectivity index (χ1v) is 7.64. The molecule has 110 valence electrons. The fourth-order valence-electron chi connectivity index (χ4n) is 2.12. The van der Waals surface area contributed by atoms with Crippen LogP contribution in [0.25, 0.3) is 0 Å². The molecule has 1 aromatic heterocycles. The molecule has 1 aliphatic rings. The standard InChI is InChI=1S/C13H19N3O3S/c1-9(18)14-13-15-11(8-20-13)12(19)16(6-3-7-17)10-4-2-5-10/h8,10,17H,2-7H2,1H3,(H,14,15,18). The van der Waals surface area contributed by atoms with E-state index >= 15 is 0 Å². The zero-order valence-corrected chi connectivity index (χ0v) is 12.3. The number of nitrogens with zero attached hydrogens (tertiary/aromatic N) is 2. The van der Waals surface area contributed by atoms with Gasteiger partial charge in [0.15, 0.2) is 5.13 Å². The summed E-state index contributed by atoms with van der Waals surface area (Å²) in [6.07, 6.45) is 3.74. The van der Waals surface area contributed by atoms with Crippen LogP contribution in [0.4, 0.5) is 5.13 Å². The minimum Gasteiger partial charge on any atom is -0.396 e. The molecular weight excluding hydrogens is 278 g/mol. The highest BCUT2D eigenvalue weighted by Gasteiger charge is 2.30. The second kappa shape index (κ2) is 6.81. The summed E-state index contributed by atoms with van der Waals surface area (Å²) in [6, 6.07) is 0.264. The fraction of sp³-hybridized carbons (Fsp3) is 0.615. The van der Waals surface area contributed by atoms with Gasteiger partial charge < -0.3 is 15.3 Å². The summed E-state index contributed by atoms with van der Waals surface area (Å²) in [7, 11) is 0. The number of carbonyl (C=O) groups is 2. The van der Waals surface area contributed by atoms with Crippen LogP contribution in [0.1, 0.15) is 43.1 Å². The fourth-order valence-corrected chi connectivity index (χ4v) is 2.85. The molecule has 1 fully saturated rings. The molecule has 0 atom stereocenters. The van der Waals surface area contributed by atoms with E-state index in [1.54, 1.807) is 10.3 Å². The molecule has 1 aromatic rings. The molecule has 0 aromatic carbocycles. The number of aromatic nitrogens is 1. The number of rotatable bonds is 6. The number of thiazole rings is 1. The van der Waals surface area contributed by atoms with Gasteiger partial charge in [-0.05, 0) is 25.7 Å². The molecule has 0 unspecified atom stereocenters. The summed E-state index contributed by atoms with van der Waals surface area (Å²) >= 11 is 1.24. The van der Waals surface area contributed by atoms with Crippen LogP contribution in [0.3, 0.4) is 0 Å². The number of hydrogen-bond donors (Lipinski definition) is 2. The monoisotopic (exact) mass is 297 g/mol. The Hall–Kier alpha value is -1.47. The predicted octanol–water partition coefficient (Wildman–Crippen LogP) is 1.48. The molecule has 6 nitrogen and oxygen atoms in total. The van der Waals surface area contributed by atoms with Gasteiger partial charge in [-0.15, -0.1) is 11.3 Å². The zero-order chi connectivity index (χ0) is 14.5. The lowest BCUT2D eigenvalue weighted by atomic mass is 9.91. The summed E-state index contributed by atoms with van der Waals surface area (Å²) in [5.41, 5.74) is 0.364. The number of amides is 2. The van der Waals surface area contributed by atoms with Crippen LogP contribution in [0.15, 0.2) is 5.38 Å². The maximum Gasteiger partial charge on any atom is 0.273 e. The molecule has 1 saturated carbocycles. The van der Waals surface area contributed by atoms with E-state index in [9.17, 15) is 9.59 Å². The van der Waals surface area contributed by atoms with Gasteiger partial charge in [-0.1, -0.05) is 0 Å². The number of nitrogens with one attached hydrogen (secondary N) is 1. The van der Waals surface area contributed by atoms with Gasteiger partial charge >= 0.3 is 0 Å². The molecule has 20 heavy (non-hydrogen) atoms. The van der Waals surface area contributed by atoms with Gasteiger partial charge in [-0.25, -0.2) is 4.98 Å². The zero-order valence-electron chi connectivity index (χ0n) is 11.5. The van der Waals surface area contributed by atoms with Crippen molar-refractivity contribution in [3.05, 3.63) is 11.1 Å². The van der Waals surface area contributed by atoms with Crippen LogP contribution in [-0.4, -0.2) is 46.0 Å². The summed E-state index contributed by atoms with van der Waals surface area (Å²) < 4.78 is 0. The Morgan fingerprint density at radius 2 is 2.30 bits per heavy atom. The second-order valence-corrected chi connectivity index (χ2v) is 5.74. The minimum atomic E-state index is -0.200. The quantitative estimate of drug-likeness (QED) is 0.833. The van der Waals surface area contributed by atoms with Gasteiger partial charge in [0.05, 0.1) is 0 Å². The van der Waals surface area contributed by atoms with Gasteiger partial charge in [0.25, 0.3) is 5.91 Å². The highest BCUT2D eigenvalue weighted by Crippen LogP contribution is 2.27. The van der Waals surface area contributed by atoms with Crippen LogP contribution >= 0.6 is 11.3 Å². The van der Waals surface area contributed by atoms with Crippen molar-refractivity contribution in [1.29, 1.82) is 0 Å². The normalized spacial score (nSPS) is 14.7. The first-order chi connectivity index (χ1) is 9.61. The van der Waals surface area contributed by atoms with Crippen molar-refractivity contribution in [1.82, 2.24) is 9.88 Å². The lowest BCUT2D eigenvalue weighted by molar-refractivity contribution is -0.114. The van der Waals surface area contributed by atoms with Crippen molar-refractivity contribution in [2.75, 3.05) is 18.5 Å². The Labute approximate surface area is 121 Å². The molecule has 2 amide bonds. The van der Waals surface area contributed by atoms with Gasteiger partial charge in [-0.3, -0.25) is 9.59 Å². The van der Waals surface area contributed by atoms with Crippen LogP contribution < -0.4 is 5.32 Å². The average Bonchev–Trinajstić information content (AvgIpc) is 2.78. The van der Waals surface area contributed by atoms with Gasteiger partial charge in [0.2, 0.25) is 5.91 Å². The van der Waals surface area contributed by atoms with Crippen molar-refractivity contribution in [3.63, 3.8) is 0 Å². The molecular formula is C13H19N3O3S. The third-order valence-electron chi connectivity index (χ3n) is 3.34. The van der Waals surface area contributed by atoms with E-state index in [0.29, 0.717) is 23.8 Å². The number of hydrogen-bond acceptors (Lipinski definition) is 5. The third-order valence-corrected chi connectivity index (χ3v) is 4.10. The molecule has 7 heteroatoms. The number of aliphatic hydroxyl groups is 1. The molecule has 0 saturated heterocycles. The molecule has 0 radical (unpaired) electrons. The number of anilines is 1. The van der Waals surface area contributed by atoms with Gasteiger partial charge in [0.1, 0.15) is 5.69 Å². The molecule has 0 aliphatic heterocycles. The van der Waals surface area contributed by atoms with E-state index < -0.39 is 0 Å². The summed E-state index contributed by atoms with van der Waals surface area (Å²) in [5, 5.41) is 13.6.